The number of benzene rings is 1. The van der Waals surface area contributed by atoms with Crippen molar-refractivity contribution < 1.29 is 9.84 Å². The minimum atomic E-state index is -0.748. The molecule has 1 aromatic rings. The third-order valence-electron chi connectivity index (χ3n) is 2.89. The zero-order valence-corrected chi connectivity index (χ0v) is 11.4. The van der Waals surface area contributed by atoms with Crippen molar-refractivity contribution in [1.29, 1.82) is 0 Å². The van der Waals surface area contributed by atoms with Crippen LogP contribution in [0, 0.1) is 0 Å². The Balaban J connectivity index is 3.16. The minimum Gasteiger partial charge on any atom is -0.465 e. The monoisotopic (exact) mass is 236 g/mol. The van der Waals surface area contributed by atoms with E-state index in [-0.39, 0.29) is 0 Å². The molecular formula is C15H24O2. The summed E-state index contributed by atoms with van der Waals surface area (Å²) in [5.74, 6) is 0.879. The lowest BCUT2D eigenvalue weighted by Crippen LogP contribution is -2.13. The topological polar surface area (TPSA) is 29.5 Å². The quantitative estimate of drug-likeness (QED) is 0.766. The molecule has 17 heavy (non-hydrogen) atoms. The average Bonchev–Trinajstić information content (AvgIpc) is 2.30. The summed E-state index contributed by atoms with van der Waals surface area (Å²) >= 11 is 0. The zero-order chi connectivity index (χ0) is 12.8. The Bertz CT molecular complexity index is 331. The summed E-state index contributed by atoms with van der Waals surface area (Å²) in [5.41, 5.74) is 3.78. The maximum absolute atomic E-state index is 9.40. The average molecular weight is 236 g/mol. The van der Waals surface area contributed by atoms with Crippen LogP contribution in [-0.2, 0) is 19.3 Å². The normalized spacial score (nSPS) is 12.5. The van der Waals surface area contributed by atoms with Gasteiger partial charge in [-0.05, 0) is 42.9 Å². The molecule has 0 heterocycles. The number of ether oxygens (including phenoxy) is 1. The van der Waals surface area contributed by atoms with E-state index in [4.69, 9.17) is 4.74 Å². The summed E-state index contributed by atoms with van der Waals surface area (Å²) in [6.07, 6.45) is 3.39. The summed E-state index contributed by atoms with van der Waals surface area (Å²) in [6, 6.07) is 4.42. The van der Waals surface area contributed by atoms with Gasteiger partial charge in [0.25, 0.3) is 0 Å². The molecule has 2 nitrogen and oxygen atoms in total. The van der Waals surface area contributed by atoms with Gasteiger partial charge in [-0.3, -0.25) is 0 Å². The van der Waals surface area contributed by atoms with E-state index in [0.717, 1.165) is 31.4 Å². The van der Waals surface area contributed by atoms with Gasteiger partial charge in [0.1, 0.15) is 5.75 Å². The maximum atomic E-state index is 9.40. The Kier molecular flexibility index (Phi) is 5.49. The zero-order valence-electron chi connectivity index (χ0n) is 11.4. The second-order valence-corrected chi connectivity index (χ2v) is 4.42. The van der Waals surface area contributed by atoms with Gasteiger partial charge in [0.15, 0.2) is 6.29 Å². The Morgan fingerprint density at radius 1 is 1.12 bits per heavy atom. The third-order valence-corrected chi connectivity index (χ3v) is 2.89. The maximum Gasteiger partial charge on any atom is 0.194 e. The SMILES string of the molecule is CCCc1cc(CC)c(OC(C)O)c(CC)c1. The molecule has 0 saturated heterocycles. The molecule has 1 rings (SSSR count). The van der Waals surface area contributed by atoms with Gasteiger partial charge in [0.2, 0.25) is 0 Å². The molecule has 0 radical (unpaired) electrons. The van der Waals surface area contributed by atoms with Crippen molar-refractivity contribution in [2.75, 3.05) is 0 Å². The number of rotatable bonds is 6. The Labute approximate surface area is 105 Å². The molecule has 1 N–H and O–H groups in total. The lowest BCUT2D eigenvalue weighted by atomic mass is 9.98. The summed E-state index contributed by atoms with van der Waals surface area (Å²) in [4.78, 5) is 0. The van der Waals surface area contributed by atoms with E-state index in [9.17, 15) is 5.11 Å². The van der Waals surface area contributed by atoms with Crippen molar-refractivity contribution in [1.82, 2.24) is 0 Å². The summed E-state index contributed by atoms with van der Waals surface area (Å²) in [7, 11) is 0. The van der Waals surface area contributed by atoms with Gasteiger partial charge in [-0.2, -0.15) is 0 Å². The molecule has 1 unspecified atom stereocenters. The molecule has 0 saturated carbocycles. The molecular weight excluding hydrogens is 212 g/mol. The molecule has 0 aliphatic heterocycles. The molecule has 1 atom stereocenters. The van der Waals surface area contributed by atoms with E-state index in [1.54, 1.807) is 6.92 Å². The number of aliphatic hydroxyl groups excluding tert-OH is 1. The van der Waals surface area contributed by atoms with E-state index in [1.165, 1.54) is 16.7 Å². The predicted molar refractivity (Wildman–Crippen MR) is 71.5 cm³/mol. The van der Waals surface area contributed by atoms with Crippen LogP contribution in [0.2, 0.25) is 0 Å². The predicted octanol–water partition coefficient (Wildman–Crippen LogP) is 3.48. The van der Waals surface area contributed by atoms with Gasteiger partial charge >= 0.3 is 0 Å². The lowest BCUT2D eigenvalue weighted by molar-refractivity contribution is -0.00165. The highest BCUT2D eigenvalue weighted by Crippen LogP contribution is 2.28. The largest absolute Gasteiger partial charge is 0.465 e. The van der Waals surface area contributed by atoms with Crippen molar-refractivity contribution in [3.05, 3.63) is 28.8 Å². The van der Waals surface area contributed by atoms with Crippen LogP contribution in [0.15, 0.2) is 12.1 Å². The van der Waals surface area contributed by atoms with Crippen molar-refractivity contribution in [3.8, 4) is 5.75 Å². The van der Waals surface area contributed by atoms with E-state index in [1.807, 2.05) is 0 Å². The van der Waals surface area contributed by atoms with Crippen LogP contribution in [0.1, 0.15) is 50.8 Å². The third kappa shape index (κ3) is 3.74. The fourth-order valence-corrected chi connectivity index (χ4v) is 2.11. The highest BCUT2D eigenvalue weighted by molar-refractivity contribution is 5.45. The van der Waals surface area contributed by atoms with Crippen LogP contribution in [0.4, 0.5) is 0 Å². The van der Waals surface area contributed by atoms with E-state index < -0.39 is 6.29 Å². The van der Waals surface area contributed by atoms with Crippen molar-refractivity contribution in [2.45, 2.75) is 59.7 Å². The van der Waals surface area contributed by atoms with Gasteiger partial charge in [-0.15, -0.1) is 0 Å². The van der Waals surface area contributed by atoms with E-state index in [2.05, 4.69) is 32.9 Å². The second-order valence-electron chi connectivity index (χ2n) is 4.42. The first-order valence-corrected chi connectivity index (χ1v) is 6.61. The Morgan fingerprint density at radius 3 is 2.00 bits per heavy atom. The Morgan fingerprint density at radius 2 is 1.65 bits per heavy atom. The molecule has 2 heteroatoms. The van der Waals surface area contributed by atoms with Gasteiger partial charge in [0.05, 0.1) is 0 Å². The van der Waals surface area contributed by atoms with Crippen molar-refractivity contribution >= 4 is 0 Å². The summed E-state index contributed by atoms with van der Waals surface area (Å²) < 4.78 is 5.55. The molecule has 0 fully saturated rings. The Hall–Kier alpha value is -1.02. The molecule has 0 aromatic heterocycles. The fraction of sp³-hybridized carbons (Fsp3) is 0.600. The molecule has 1 aromatic carbocycles. The van der Waals surface area contributed by atoms with Crippen LogP contribution >= 0.6 is 0 Å². The standard InChI is InChI=1S/C15H24O2/c1-5-8-12-9-13(6-2)15(17-11(4)16)14(7-3)10-12/h9-11,16H,5-8H2,1-4H3. The molecule has 0 bridgehead atoms. The van der Waals surface area contributed by atoms with Crippen LogP contribution < -0.4 is 4.74 Å². The number of hydrogen-bond acceptors (Lipinski definition) is 2. The highest BCUT2D eigenvalue weighted by atomic mass is 16.6. The van der Waals surface area contributed by atoms with Gasteiger partial charge in [0, 0.05) is 0 Å². The molecule has 0 spiro atoms. The molecule has 0 aliphatic rings. The number of hydrogen-bond donors (Lipinski definition) is 1. The first-order chi connectivity index (χ1) is 8.12. The smallest absolute Gasteiger partial charge is 0.194 e. The van der Waals surface area contributed by atoms with E-state index >= 15 is 0 Å². The van der Waals surface area contributed by atoms with E-state index in [0.29, 0.717) is 0 Å². The van der Waals surface area contributed by atoms with Crippen molar-refractivity contribution in [3.63, 3.8) is 0 Å². The van der Waals surface area contributed by atoms with Crippen LogP contribution in [0.3, 0.4) is 0 Å². The highest BCUT2D eigenvalue weighted by Gasteiger charge is 2.12. The first kappa shape index (κ1) is 14.0. The van der Waals surface area contributed by atoms with Gasteiger partial charge < -0.3 is 9.84 Å². The number of aliphatic hydroxyl groups is 1. The minimum absolute atomic E-state index is 0.748. The summed E-state index contributed by atoms with van der Waals surface area (Å²) in [6.45, 7) is 8.09. The second kappa shape index (κ2) is 6.65. The van der Waals surface area contributed by atoms with Crippen molar-refractivity contribution in [2.24, 2.45) is 0 Å². The summed E-state index contributed by atoms with van der Waals surface area (Å²) in [5, 5.41) is 9.40. The van der Waals surface area contributed by atoms with Gasteiger partial charge in [-0.1, -0.05) is 39.3 Å². The molecule has 0 amide bonds. The first-order valence-electron chi connectivity index (χ1n) is 6.61. The van der Waals surface area contributed by atoms with Crippen LogP contribution in [0.25, 0.3) is 0 Å². The van der Waals surface area contributed by atoms with Crippen LogP contribution in [0.5, 0.6) is 5.75 Å². The number of aryl methyl sites for hydroxylation is 3. The van der Waals surface area contributed by atoms with Crippen LogP contribution in [-0.4, -0.2) is 11.4 Å². The molecule has 96 valence electrons. The molecule has 0 aliphatic carbocycles. The van der Waals surface area contributed by atoms with Gasteiger partial charge in [-0.25, -0.2) is 0 Å². The fourth-order valence-electron chi connectivity index (χ4n) is 2.11. The lowest BCUT2D eigenvalue weighted by Gasteiger charge is -2.18.